The molecule has 0 bridgehead atoms. The summed E-state index contributed by atoms with van der Waals surface area (Å²) in [7, 11) is -4.04. The van der Waals surface area contributed by atoms with Crippen molar-refractivity contribution in [1.29, 1.82) is 0 Å². The van der Waals surface area contributed by atoms with Crippen molar-refractivity contribution in [2.24, 2.45) is 5.73 Å². The van der Waals surface area contributed by atoms with E-state index in [9.17, 15) is 26.4 Å². The molecule has 1 heterocycles. The number of pyridine rings is 1. The fourth-order valence-corrected chi connectivity index (χ4v) is 4.35. The average Bonchev–Trinajstić information content (AvgIpc) is 2.74. The van der Waals surface area contributed by atoms with Gasteiger partial charge in [0.05, 0.1) is 16.9 Å². The Morgan fingerprint density at radius 2 is 1.79 bits per heavy atom. The normalized spacial score (nSPS) is 11.3. The molecule has 0 radical (unpaired) electrons. The van der Waals surface area contributed by atoms with E-state index >= 15 is 0 Å². The van der Waals surface area contributed by atoms with E-state index in [4.69, 9.17) is 5.73 Å². The second kappa shape index (κ2) is 10.6. The van der Waals surface area contributed by atoms with Crippen molar-refractivity contribution in [3.05, 3.63) is 80.3 Å². The average molecular weight is 605 g/mol. The second-order valence-corrected chi connectivity index (χ2v) is 9.76. The maximum absolute atomic E-state index is 14.9. The van der Waals surface area contributed by atoms with Crippen molar-refractivity contribution in [1.82, 2.24) is 9.71 Å². The lowest BCUT2D eigenvalue weighted by Gasteiger charge is -2.15. The van der Waals surface area contributed by atoms with Gasteiger partial charge in [0.2, 0.25) is 0 Å². The molecule has 0 aliphatic heterocycles. The minimum atomic E-state index is -4.04. The molecule has 0 aliphatic rings. The predicted octanol–water partition coefficient (Wildman–Crippen LogP) is 3.80. The highest BCUT2D eigenvalue weighted by molar-refractivity contribution is 14.1. The van der Waals surface area contributed by atoms with Gasteiger partial charge in [0, 0.05) is 22.7 Å². The van der Waals surface area contributed by atoms with Crippen LogP contribution in [0.2, 0.25) is 0 Å². The number of primary amides is 1. The third kappa shape index (κ3) is 6.15. The Hall–Kier alpha value is -2.91. The molecule has 3 rings (SSSR count). The number of nitrogens with two attached hydrogens (primary N) is 1. The fourth-order valence-electron chi connectivity index (χ4n) is 3.05. The number of nitrogens with one attached hydrogen (secondary N) is 3. The first kappa shape index (κ1) is 25.7. The number of rotatable bonds is 9. The van der Waals surface area contributed by atoms with E-state index in [2.05, 4.69) is 15.0 Å². The predicted molar refractivity (Wildman–Crippen MR) is 131 cm³/mol. The molecule has 0 fully saturated rings. The lowest BCUT2D eigenvalue weighted by molar-refractivity contribution is 0.100. The minimum absolute atomic E-state index is 0.00728. The van der Waals surface area contributed by atoms with Gasteiger partial charge in [0.25, 0.3) is 16.1 Å². The lowest BCUT2D eigenvalue weighted by atomic mass is 10.0. The van der Waals surface area contributed by atoms with E-state index in [1.807, 2.05) is 27.3 Å². The van der Waals surface area contributed by atoms with E-state index in [-0.39, 0.29) is 41.0 Å². The van der Waals surface area contributed by atoms with Crippen LogP contribution in [-0.2, 0) is 16.6 Å². The Morgan fingerprint density at radius 3 is 2.44 bits per heavy atom. The zero-order chi connectivity index (χ0) is 25.0. The number of benzene rings is 2. The molecular weight excluding hydrogens is 586 g/mol. The topological polar surface area (TPSA) is 126 Å². The van der Waals surface area contributed by atoms with Gasteiger partial charge in [-0.2, -0.15) is 13.1 Å². The summed E-state index contributed by atoms with van der Waals surface area (Å²) >= 11 is 1.93. The van der Waals surface area contributed by atoms with Crippen molar-refractivity contribution in [3.63, 3.8) is 0 Å². The molecule has 0 spiro atoms. The number of nitrogens with zero attached hydrogens (tertiary/aromatic N) is 1. The van der Waals surface area contributed by atoms with E-state index in [0.29, 0.717) is 3.57 Å². The molecule has 0 atom stereocenters. The Kier molecular flexibility index (Phi) is 7.99. The molecule has 5 N–H and O–H groups in total. The summed E-state index contributed by atoms with van der Waals surface area (Å²) < 4.78 is 72.4. The number of carbonyl (C=O) groups is 1. The zero-order valence-corrected chi connectivity index (χ0v) is 20.6. The number of amides is 1. The lowest BCUT2D eigenvalue weighted by Crippen LogP contribution is -2.30. The van der Waals surface area contributed by atoms with Crippen molar-refractivity contribution < 1.29 is 26.4 Å². The first-order valence-electron chi connectivity index (χ1n) is 9.75. The van der Waals surface area contributed by atoms with Gasteiger partial charge in [-0.3, -0.25) is 9.52 Å². The molecule has 2 aromatic carbocycles. The number of halogens is 4. The first-order chi connectivity index (χ1) is 16.0. The Labute approximate surface area is 207 Å². The molecule has 3 aromatic rings. The molecule has 13 heteroatoms. The van der Waals surface area contributed by atoms with Crippen molar-refractivity contribution in [3.8, 4) is 0 Å². The van der Waals surface area contributed by atoms with Crippen LogP contribution in [0.15, 0.2) is 42.6 Å². The summed E-state index contributed by atoms with van der Waals surface area (Å²) in [6, 6.07) is 7.64. The second-order valence-electron chi connectivity index (χ2n) is 7.02. The SMILES string of the molecule is CCNS(=O)(=O)Nc1nccc(Cc2cc(C(N)=O)c(Nc3ccc(I)cc3F)cc2F)c1F. The molecule has 34 heavy (non-hydrogen) atoms. The molecular formula is C21H19F3IN5O3S. The number of hydrogen-bond donors (Lipinski definition) is 4. The van der Waals surface area contributed by atoms with Gasteiger partial charge >= 0.3 is 0 Å². The van der Waals surface area contributed by atoms with Crippen LogP contribution in [0.5, 0.6) is 0 Å². The molecule has 8 nitrogen and oxygen atoms in total. The van der Waals surface area contributed by atoms with Gasteiger partial charge in [0.1, 0.15) is 11.6 Å². The molecule has 1 amide bonds. The van der Waals surface area contributed by atoms with Crippen LogP contribution < -0.4 is 20.5 Å². The highest BCUT2D eigenvalue weighted by Gasteiger charge is 2.19. The number of carbonyl (C=O) groups excluding carboxylic acids is 1. The number of aromatic nitrogens is 1. The quantitative estimate of drug-likeness (QED) is 0.276. The standard InChI is InChI=1S/C21H19F3IN5O3S/c1-2-28-34(32,33)30-21-19(24)11(5-6-27-21)7-12-8-14(20(26)31)18(10-15(12)22)29-17-4-3-13(25)9-16(17)23/h3-6,8-10,28-29H,2,7H2,1H3,(H2,26,31)(H,27,30). The maximum Gasteiger partial charge on any atom is 0.300 e. The summed E-state index contributed by atoms with van der Waals surface area (Å²) in [6.45, 7) is 1.62. The zero-order valence-electron chi connectivity index (χ0n) is 17.6. The summed E-state index contributed by atoms with van der Waals surface area (Å²) in [5.41, 5.74) is 5.06. The molecule has 180 valence electrons. The third-order valence-corrected chi connectivity index (χ3v) is 6.37. The van der Waals surface area contributed by atoms with Gasteiger partial charge in [-0.25, -0.2) is 18.2 Å². The molecule has 0 unspecified atom stereocenters. The maximum atomic E-state index is 14.9. The smallest absolute Gasteiger partial charge is 0.300 e. The summed E-state index contributed by atoms with van der Waals surface area (Å²) in [6.07, 6.45) is 0.819. The van der Waals surface area contributed by atoms with Gasteiger partial charge in [-0.15, -0.1) is 0 Å². The van der Waals surface area contributed by atoms with Crippen LogP contribution in [0, 0.1) is 21.0 Å². The molecule has 0 saturated carbocycles. The van der Waals surface area contributed by atoms with Crippen LogP contribution in [0.3, 0.4) is 0 Å². The Balaban J connectivity index is 1.95. The monoisotopic (exact) mass is 605 g/mol. The molecule has 1 aromatic heterocycles. The van der Waals surface area contributed by atoms with E-state index in [0.717, 1.165) is 18.3 Å². The van der Waals surface area contributed by atoms with Crippen molar-refractivity contribution in [2.75, 3.05) is 16.6 Å². The Bertz CT molecular complexity index is 1360. The van der Waals surface area contributed by atoms with Gasteiger partial charge in [-0.1, -0.05) is 6.92 Å². The van der Waals surface area contributed by atoms with Crippen LogP contribution in [0.1, 0.15) is 28.4 Å². The summed E-state index contributed by atoms with van der Waals surface area (Å²) in [5.74, 6) is -3.92. The largest absolute Gasteiger partial charge is 0.366 e. The van der Waals surface area contributed by atoms with Gasteiger partial charge in [-0.05, 0) is 70.1 Å². The Morgan fingerprint density at radius 1 is 1.06 bits per heavy atom. The van der Waals surface area contributed by atoms with Crippen LogP contribution >= 0.6 is 22.6 Å². The minimum Gasteiger partial charge on any atom is -0.366 e. The van der Waals surface area contributed by atoms with Crippen molar-refractivity contribution in [2.45, 2.75) is 13.3 Å². The molecule has 0 saturated heterocycles. The van der Waals surface area contributed by atoms with E-state index < -0.39 is 39.4 Å². The third-order valence-electron chi connectivity index (χ3n) is 4.57. The van der Waals surface area contributed by atoms with Gasteiger partial charge < -0.3 is 11.1 Å². The highest BCUT2D eigenvalue weighted by atomic mass is 127. The van der Waals surface area contributed by atoms with Crippen LogP contribution in [0.4, 0.5) is 30.4 Å². The number of hydrogen-bond acceptors (Lipinski definition) is 5. The van der Waals surface area contributed by atoms with Crippen molar-refractivity contribution >= 4 is 55.9 Å². The first-order valence-corrected chi connectivity index (χ1v) is 12.3. The van der Waals surface area contributed by atoms with E-state index in [1.165, 1.54) is 18.2 Å². The van der Waals surface area contributed by atoms with E-state index in [1.54, 1.807) is 13.0 Å². The number of anilines is 3. The summed E-state index contributed by atoms with van der Waals surface area (Å²) in [4.78, 5) is 15.7. The fraction of sp³-hybridized carbons (Fsp3) is 0.143. The van der Waals surface area contributed by atoms with Crippen LogP contribution in [-0.4, -0.2) is 25.9 Å². The molecule has 0 aliphatic carbocycles. The summed E-state index contributed by atoms with van der Waals surface area (Å²) in [5, 5.41) is 2.65. The van der Waals surface area contributed by atoms with Gasteiger partial charge in [0.15, 0.2) is 11.6 Å². The highest BCUT2D eigenvalue weighted by Crippen LogP contribution is 2.29. The van der Waals surface area contributed by atoms with Crippen LogP contribution in [0.25, 0.3) is 0 Å².